The molecule has 4 N–H and O–H groups in total. The van der Waals surface area contributed by atoms with E-state index in [1.54, 1.807) is 0 Å². The van der Waals surface area contributed by atoms with Gasteiger partial charge in [0.2, 0.25) is 0 Å². The third-order valence-electron chi connectivity index (χ3n) is 3.64. The number of nitrogens with one attached hydrogen (secondary N) is 2. The van der Waals surface area contributed by atoms with Gasteiger partial charge in [-0.15, -0.1) is 0 Å². The Morgan fingerprint density at radius 1 is 1.08 bits per heavy atom. The third-order valence-corrected chi connectivity index (χ3v) is 4.31. The molecule has 0 saturated carbocycles. The molecule has 0 aromatic heterocycles. The first kappa shape index (κ1) is 18.7. The molecule has 0 aliphatic carbocycles. The molecule has 0 bridgehead atoms. The number of amides is 1. The van der Waals surface area contributed by atoms with Crippen LogP contribution in [0.25, 0.3) is 0 Å². The minimum atomic E-state index is -1.13. The third kappa shape index (κ3) is 6.46. The molecule has 0 aliphatic rings. The zero-order chi connectivity index (χ0) is 17.4. The highest BCUT2D eigenvalue weighted by atomic mass is 127. The summed E-state index contributed by atoms with van der Waals surface area (Å²) >= 11 is 2.25. The number of carboxylic acid groups (broad SMARTS) is 1. The maximum atomic E-state index is 11.0. The summed E-state index contributed by atoms with van der Waals surface area (Å²) < 4.78 is 1.15. The van der Waals surface area contributed by atoms with E-state index in [4.69, 9.17) is 5.11 Å². The molecule has 0 radical (unpaired) electrons. The van der Waals surface area contributed by atoms with E-state index in [-0.39, 0.29) is 0 Å². The van der Waals surface area contributed by atoms with Gasteiger partial charge in [0, 0.05) is 16.7 Å². The average molecular weight is 440 g/mol. The van der Waals surface area contributed by atoms with Gasteiger partial charge < -0.3 is 20.8 Å². The predicted molar refractivity (Wildman–Crippen MR) is 102 cm³/mol. The zero-order valence-corrected chi connectivity index (χ0v) is 15.3. The number of benzene rings is 2. The van der Waals surface area contributed by atoms with Crippen LogP contribution in [-0.4, -0.2) is 35.0 Å². The summed E-state index contributed by atoms with van der Waals surface area (Å²) in [4.78, 5) is 11.0. The molecule has 128 valence electrons. The van der Waals surface area contributed by atoms with E-state index in [0.717, 1.165) is 14.7 Å². The topological polar surface area (TPSA) is 81.6 Å². The quantitative estimate of drug-likeness (QED) is 0.476. The Bertz CT molecular complexity index is 652. The second kappa shape index (κ2) is 9.61. The maximum absolute atomic E-state index is 11.0. The second-order valence-electron chi connectivity index (χ2n) is 5.57. The largest absolute Gasteiger partial charge is 0.465 e. The lowest BCUT2D eigenvalue weighted by molar-refractivity contribution is 0.117. The van der Waals surface area contributed by atoms with Gasteiger partial charge in [-0.2, -0.15) is 0 Å². The highest BCUT2D eigenvalue weighted by Crippen LogP contribution is 2.09. The smallest absolute Gasteiger partial charge is 0.404 e. The van der Waals surface area contributed by atoms with E-state index in [2.05, 4.69) is 39.3 Å². The van der Waals surface area contributed by atoms with Gasteiger partial charge in [0.15, 0.2) is 0 Å². The molecule has 0 aliphatic heterocycles. The van der Waals surface area contributed by atoms with Gasteiger partial charge in [-0.25, -0.2) is 4.79 Å². The molecule has 5 nitrogen and oxygen atoms in total. The van der Waals surface area contributed by atoms with Crippen molar-refractivity contribution in [3.8, 4) is 0 Å². The molecule has 2 atom stereocenters. The predicted octanol–water partition coefficient (Wildman–Crippen LogP) is 2.62. The van der Waals surface area contributed by atoms with E-state index < -0.39 is 18.2 Å². The number of rotatable bonds is 8. The van der Waals surface area contributed by atoms with Crippen LogP contribution in [0.5, 0.6) is 0 Å². The van der Waals surface area contributed by atoms with Crippen LogP contribution in [-0.2, 0) is 13.0 Å². The Morgan fingerprint density at radius 2 is 1.79 bits per heavy atom. The minimum Gasteiger partial charge on any atom is -0.465 e. The van der Waals surface area contributed by atoms with Crippen molar-refractivity contribution >= 4 is 28.7 Å². The maximum Gasteiger partial charge on any atom is 0.404 e. The fraction of sp³-hybridized carbons (Fsp3) is 0.278. The van der Waals surface area contributed by atoms with Crippen LogP contribution in [0.1, 0.15) is 11.1 Å². The van der Waals surface area contributed by atoms with E-state index >= 15 is 0 Å². The van der Waals surface area contributed by atoms with Gasteiger partial charge >= 0.3 is 6.09 Å². The SMILES string of the molecule is O=C(O)N[C@@H](Cc1ccccc1)[C@H](O)CNCc1cccc(I)c1. The molecule has 1 amide bonds. The fourth-order valence-corrected chi connectivity index (χ4v) is 3.07. The second-order valence-corrected chi connectivity index (χ2v) is 6.82. The molecule has 0 saturated heterocycles. The molecule has 0 heterocycles. The fourth-order valence-electron chi connectivity index (χ4n) is 2.46. The zero-order valence-electron chi connectivity index (χ0n) is 13.2. The minimum absolute atomic E-state index is 0.309. The van der Waals surface area contributed by atoms with E-state index in [1.165, 1.54) is 0 Å². The summed E-state index contributed by atoms with van der Waals surface area (Å²) in [5, 5.41) is 25.0. The summed E-state index contributed by atoms with van der Waals surface area (Å²) in [6, 6.07) is 17.1. The van der Waals surface area contributed by atoms with Crippen LogP contribution in [0.3, 0.4) is 0 Å². The first-order valence-electron chi connectivity index (χ1n) is 7.71. The van der Waals surface area contributed by atoms with E-state index in [9.17, 15) is 9.90 Å². The number of halogens is 1. The van der Waals surface area contributed by atoms with Crippen LogP contribution >= 0.6 is 22.6 Å². The molecular formula is C18H21IN2O3. The highest BCUT2D eigenvalue weighted by Gasteiger charge is 2.21. The standard InChI is InChI=1S/C18H21IN2O3/c19-15-8-4-7-14(9-15)11-20-12-17(22)16(21-18(23)24)10-13-5-2-1-3-6-13/h1-9,16-17,20-22H,10-12H2,(H,23,24)/t16-,17+/m0/s1. The van der Waals surface area contributed by atoms with Gasteiger partial charge in [-0.3, -0.25) is 0 Å². The Balaban J connectivity index is 1.89. The first-order valence-corrected chi connectivity index (χ1v) is 8.79. The van der Waals surface area contributed by atoms with Gasteiger partial charge in [0.25, 0.3) is 0 Å². The number of aliphatic hydroxyl groups excluding tert-OH is 1. The Kier molecular flexibility index (Phi) is 7.48. The molecule has 0 spiro atoms. The van der Waals surface area contributed by atoms with Crippen LogP contribution in [0.4, 0.5) is 4.79 Å². The van der Waals surface area contributed by atoms with E-state index in [1.807, 2.05) is 48.5 Å². The van der Waals surface area contributed by atoms with Gasteiger partial charge in [0.1, 0.15) is 0 Å². The van der Waals surface area contributed by atoms with Crippen molar-refractivity contribution < 1.29 is 15.0 Å². The van der Waals surface area contributed by atoms with Crippen molar-refractivity contribution in [2.24, 2.45) is 0 Å². The Morgan fingerprint density at radius 3 is 2.46 bits per heavy atom. The lowest BCUT2D eigenvalue weighted by Crippen LogP contribution is -2.48. The first-order chi connectivity index (χ1) is 11.5. The normalized spacial score (nSPS) is 13.2. The van der Waals surface area contributed by atoms with Gasteiger partial charge in [-0.1, -0.05) is 42.5 Å². The van der Waals surface area contributed by atoms with Crippen molar-refractivity contribution in [2.45, 2.75) is 25.1 Å². The van der Waals surface area contributed by atoms with Crippen molar-refractivity contribution in [1.29, 1.82) is 0 Å². The summed E-state index contributed by atoms with van der Waals surface area (Å²) in [6.07, 6.45) is -1.50. The van der Waals surface area contributed by atoms with Crippen molar-refractivity contribution in [3.63, 3.8) is 0 Å². The molecule has 0 fully saturated rings. The molecule has 2 aromatic carbocycles. The van der Waals surface area contributed by atoms with Gasteiger partial charge in [0.05, 0.1) is 12.1 Å². The monoisotopic (exact) mass is 440 g/mol. The van der Waals surface area contributed by atoms with Crippen LogP contribution in [0, 0.1) is 3.57 Å². The van der Waals surface area contributed by atoms with Crippen LogP contribution < -0.4 is 10.6 Å². The number of carbonyl (C=O) groups is 1. The summed E-state index contributed by atoms with van der Waals surface area (Å²) in [7, 11) is 0. The van der Waals surface area contributed by atoms with Crippen molar-refractivity contribution in [2.75, 3.05) is 6.54 Å². The molecule has 0 unspecified atom stereocenters. The van der Waals surface area contributed by atoms with Gasteiger partial charge in [-0.05, 0) is 52.3 Å². The number of hydrogen-bond donors (Lipinski definition) is 4. The van der Waals surface area contributed by atoms with Crippen molar-refractivity contribution in [1.82, 2.24) is 10.6 Å². The van der Waals surface area contributed by atoms with Crippen LogP contribution in [0.2, 0.25) is 0 Å². The highest BCUT2D eigenvalue weighted by molar-refractivity contribution is 14.1. The molecule has 2 rings (SSSR count). The van der Waals surface area contributed by atoms with Crippen LogP contribution in [0.15, 0.2) is 54.6 Å². The number of aliphatic hydroxyl groups is 1. The lowest BCUT2D eigenvalue weighted by atomic mass is 10.0. The average Bonchev–Trinajstić information content (AvgIpc) is 2.55. The lowest BCUT2D eigenvalue weighted by Gasteiger charge is -2.23. The molecular weight excluding hydrogens is 419 g/mol. The Hall–Kier alpha value is -1.64. The Labute approximate surface area is 155 Å². The molecule has 2 aromatic rings. The molecule has 24 heavy (non-hydrogen) atoms. The number of hydrogen-bond acceptors (Lipinski definition) is 3. The summed E-state index contributed by atoms with van der Waals surface area (Å²) in [6.45, 7) is 0.933. The van der Waals surface area contributed by atoms with E-state index in [0.29, 0.717) is 19.5 Å². The molecule has 6 heteroatoms. The summed E-state index contributed by atoms with van der Waals surface area (Å²) in [5.74, 6) is 0. The van der Waals surface area contributed by atoms with Crippen molar-refractivity contribution in [3.05, 3.63) is 69.3 Å². The summed E-state index contributed by atoms with van der Waals surface area (Å²) in [5.41, 5.74) is 2.10.